The topological polar surface area (TPSA) is 64.9 Å². The third kappa shape index (κ3) is 1.51. The van der Waals surface area contributed by atoms with E-state index in [9.17, 15) is 0 Å². The van der Waals surface area contributed by atoms with Gasteiger partial charge in [0.25, 0.3) is 0 Å². The molecule has 66 valence electrons. The molecule has 2 aromatic heterocycles. The molecule has 2 rings (SSSR count). The van der Waals surface area contributed by atoms with Crippen molar-refractivity contribution < 1.29 is 4.52 Å². The van der Waals surface area contributed by atoms with Crippen LogP contribution in [0.25, 0.3) is 11.5 Å². The average Bonchev–Trinajstić information content (AvgIpc) is 2.53. The monoisotopic (exact) mass is 175 g/mol. The van der Waals surface area contributed by atoms with Gasteiger partial charge in [-0.1, -0.05) is 11.2 Å². The molecule has 4 nitrogen and oxygen atoms in total. The van der Waals surface area contributed by atoms with E-state index < -0.39 is 0 Å². The fourth-order valence-electron chi connectivity index (χ4n) is 1.02. The van der Waals surface area contributed by atoms with E-state index in [0.717, 1.165) is 11.3 Å². The van der Waals surface area contributed by atoms with Gasteiger partial charge >= 0.3 is 0 Å². The van der Waals surface area contributed by atoms with Crippen molar-refractivity contribution in [3.63, 3.8) is 0 Å². The highest BCUT2D eigenvalue weighted by molar-refractivity contribution is 5.55. The van der Waals surface area contributed by atoms with E-state index in [1.807, 2.05) is 19.1 Å². The number of rotatable bonds is 1. The molecule has 4 heteroatoms. The molecule has 0 saturated heterocycles. The summed E-state index contributed by atoms with van der Waals surface area (Å²) in [6, 6.07) is 5.48. The first-order valence-corrected chi connectivity index (χ1v) is 3.91. The summed E-state index contributed by atoms with van der Waals surface area (Å²) in [4.78, 5) is 4.17. The second-order valence-corrected chi connectivity index (χ2v) is 2.84. The molecule has 0 atom stereocenters. The van der Waals surface area contributed by atoms with Gasteiger partial charge in [0, 0.05) is 12.3 Å². The minimum absolute atomic E-state index is 0.373. The third-order valence-corrected chi connectivity index (χ3v) is 1.69. The van der Waals surface area contributed by atoms with Crippen LogP contribution in [0.1, 0.15) is 5.56 Å². The maximum atomic E-state index is 5.41. The molecule has 0 amide bonds. The molecule has 2 aromatic rings. The van der Waals surface area contributed by atoms with Crippen molar-refractivity contribution in [2.75, 3.05) is 5.73 Å². The summed E-state index contributed by atoms with van der Waals surface area (Å²) in [6.45, 7) is 1.98. The molecular formula is C9H9N3O. The number of nitrogen functional groups attached to an aromatic ring is 1. The van der Waals surface area contributed by atoms with E-state index in [0.29, 0.717) is 11.6 Å². The van der Waals surface area contributed by atoms with Crippen LogP contribution in [0.3, 0.4) is 0 Å². The molecule has 0 bridgehead atoms. The van der Waals surface area contributed by atoms with Crippen LogP contribution in [-0.4, -0.2) is 10.1 Å². The van der Waals surface area contributed by atoms with Crippen molar-refractivity contribution in [1.82, 2.24) is 10.1 Å². The Kier molecular flexibility index (Phi) is 1.73. The highest BCUT2D eigenvalue weighted by Gasteiger charge is 2.04. The number of pyridine rings is 1. The van der Waals surface area contributed by atoms with E-state index in [4.69, 9.17) is 10.3 Å². The molecule has 0 saturated carbocycles. The Balaban J connectivity index is 2.41. The number of hydrogen-bond acceptors (Lipinski definition) is 4. The Morgan fingerprint density at radius 1 is 1.38 bits per heavy atom. The highest BCUT2D eigenvalue weighted by Crippen LogP contribution is 2.18. The zero-order valence-corrected chi connectivity index (χ0v) is 7.19. The number of aromatic nitrogens is 2. The van der Waals surface area contributed by atoms with Crippen molar-refractivity contribution in [2.24, 2.45) is 0 Å². The standard InChI is InChI=1S/C9H9N3O/c1-6-2-3-7(11-5-6)8-4-9(10)12-13-8/h2-5H,1H3,(H2,10,12). The molecule has 0 aliphatic carbocycles. The number of anilines is 1. The molecule has 0 fully saturated rings. The summed E-state index contributed by atoms with van der Waals surface area (Å²) in [7, 11) is 0. The predicted molar refractivity (Wildman–Crippen MR) is 48.9 cm³/mol. The number of aryl methyl sites for hydroxylation is 1. The van der Waals surface area contributed by atoms with E-state index in [-0.39, 0.29) is 0 Å². The lowest BCUT2D eigenvalue weighted by atomic mass is 10.2. The molecular weight excluding hydrogens is 166 g/mol. The molecule has 0 unspecified atom stereocenters. The second-order valence-electron chi connectivity index (χ2n) is 2.84. The smallest absolute Gasteiger partial charge is 0.187 e. The first-order valence-electron chi connectivity index (χ1n) is 3.91. The maximum absolute atomic E-state index is 5.41. The quantitative estimate of drug-likeness (QED) is 0.715. The Morgan fingerprint density at radius 2 is 2.23 bits per heavy atom. The van der Waals surface area contributed by atoms with Gasteiger partial charge in [-0.25, -0.2) is 0 Å². The van der Waals surface area contributed by atoms with Gasteiger partial charge in [-0.2, -0.15) is 0 Å². The summed E-state index contributed by atoms with van der Waals surface area (Å²) in [5.74, 6) is 0.967. The van der Waals surface area contributed by atoms with Gasteiger partial charge < -0.3 is 10.3 Å². The van der Waals surface area contributed by atoms with Crippen LogP contribution in [0.4, 0.5) is 5.82 Å². The van der Waals surface area contributed by atoms with Crippen LogP contribution in [0.5, 0.6) is 0 Å². The number of hydrogen-bond donors (Lipinski definition) is 1. The fraction of sp³-hybridized carbons (Fsp3) is 0.111. The summed E-state index contributed by atoms with van der Waals surface area (Å²) < 4.78 is 4.95. The van der Waals surface area contributed by atoms with Crippen LogP contribution >= 0.6 is 0 Å². The van der Waals surface area contributed by atoms with Crippen LogP contribution in [0, 0.1) is 6.92 Å². The molecule has 0 aliphatic heterocycles. The van der Waals surface area contributed by atoms with Gasteiger partial charge in [0.05, 0.1) is 0 Å². The predicted octanol–water partition coefficient (Wildman–Crippen LogP) is 1.63. The van der Waals surface area contributed by atoms with Crippen LogP contribution < -0.4 is 5.73 Å². The second kappa shape index (κ2) is 2.90. The normalized spacial score (nSPS) is 10.2. The molecule has 0 radical (unpaired) electrons. The first kappa shape index (κ1) is 7.79. The number of nitrogens with two attached hydrogens (primary N) is 1. The Labute approximate surface area is 75.4 Å². The number of nitrogens with zero attached hydrogens (tertiary/aromatic N) is 2. The molecule has 0 spiro atoms. The highest BCUT2D eigenvalue weighted by atomic mass is 16.5. The van der Waals surface area contributed by atoms with E-state index in [1.165, 1.54) is 0 Å². The molecule has 13 heavy (non-hydrogen) atoms. The first-order chi connectivity index (χ1) is 6.25. The van der Waals surface area contributed by atoms with Crippen LogP contribution in [-0.2, 0) is 0 Å². The van der Waals surface area contributed by atoms with Crippen LogP contribution in [0.15, 0.2) is 28.9 Å². The minimum Gasteiger partial charge on any atom is -0.381 e. The Hall–Kier alpha value is -1.84. The summed E-state index contributed by atoms with van der Waals surface area (Å²) in [6.07, 6.45) is 1.77. The van der Waals surface area contributed by atoms with E-state index in [2.05, 4.69) is 10.1 Å². The molecule has 2 heterocycles. The van der Waals surface area contributed by atoms with Gasteiger partial charge in [-0.15, -0.1) is 0 Å². The van der Waals surface area contributed by atoms with Gasteiger partial charge in [0.2, 0.25) is 0 Å². The lowest BCUT2D eigenvalue weighted by Crippen LogP contribution is -1.82. The molecule has 0 aromatic carbocycles. The summed E-state index contributed by atoms with van der Waals surface area (Å²) in [5.41, 5.74) is 7.27. The molecule has 2 N–H and O–H groups in total. The summed E-state index contributed by atoms with van der Waals surface area (Å²) in [5, 5.41) is 3.58. The van der Waals surface area contributed by atoms with Crippen molar-refractivity contribution in [3.05, 3.63) is 30.0 Å². The largest absolute Gasteiger partial charge is 0.381 e. The zero-order valence-electron chi connectivity index (χ0n) is 7.19. The minimum atomic E-state index is 0.373. The Bertz CT molecular complexity index is 405. The van der Waals surface area contributed by atoms with Crippen molar-refractivity contribution in [1.29, 1.82) is 0 Å². The fourth-order valence-corrected chi connectivity index (χ4v) is 1.02. The van der Waals surface area contributed by atoms with E-state index >= 15 is 0 Å². The van der Waals surface area contributed by atoms with Gasteiger partial charge in [-0.05, 0) is 18.6 Å². The SMILES string of the molecule is Cc1ccc(-c2cc(N)no2)nc1. The average molecular weight is 175 g/mol. The lowest BCUT2D eigenvalue weighted by molar-refractivity contribution is 0.434. The van der Waals surface area contributed by atoms with Crippen molar-refractivity contribution in [2.45, 2.75) is 6.92 Å². The van der Waals surface area contributed by atoms with Gasteiger partial charge in [0.1, 0.15) is 5.69 Å². The van der Waals surface area contributed by atoms with Crippen molar-refractivity contribution in [3.8, 4) is 11.5 Å². The van der Waals surface area contributed by atoms with E-state index in [1.54, 1.807) is 12.3 Å². The van der Waals surface area contributed by atoms with Gasteiger partial charge in [0.15, 0.2) is 11.6 Å². The van der Waals surface area contributed by atoms with Crippen molar-refractivity contribution >= 4 is 5.82 Å². The Morgan fingerprint density at radius 3 is 2.77 bits per heavy atom. The maximum Gasteiger partial charge on any atom is 0.187 e. The third-order valence-electron chi connectivity index (χ3n) is 1.69. The van der Waals surface area contributed by atoms with Gasteiger partial charge in [-0.3, -0.25) is 4.98 Å². The van der Waals surface area contributed by atoms with Crippen LogP contribution in [0.2, 0.25) is 0 Å². The lowest BCUT2D eigenvalue weighted by Gasteiger charge is -1.93. The summed E-state index contributed by atoms with van der Waals surface area (Å²) >= 11 is 0. The molecule has 0 aliphatic rings. The zero-order chi connectivity index (χ0) is 9.26.